The molecule has 1 aromatic carbocycles. The zero-order valence-corrected chi connectivity index (χ0v) is 18.7. The number of halogens is 1. The fraction of sp³-hybridized carbons (Fsp3) is 0.421. The van der Waals surface area contributed by atoms with Gasteiger partial charge in [0.2, 0.25) is 0 Å². The summed E-state index contributed by atoms with van der Waals surface area (Å²) < 4.78 is 1.96. The summed E-state index contributed by atoms with van der Waals surface area (Å²) in [7, 11) is 1.96. The molecule has 0 aliphatic rings. The second-order valence-corrected chi connectivity index (χ2v) is 6.37. The minimum atomic E-state index is 0. The van der Waals surface area contributed by atoms with Crippen LogP contribution in [0, 0.1) is 13.8 Å². The first-order valence-electron chi connectivity index (χ1n) is 9.03. The van der Waals surface area contributed by atoms with Crippen LogP contribution in [0.15, 0.2) is 29.3 Å². The number of nitrogens with one attached hydrogen (secondary N) is 3. The van der Waals surface area contributed by atoms with E-state index in [9.17, 15) is 0 Å². The molecule has 0 aliphatic carbocycles. The molecule has 0 aliphatic heterocycles. The number of fused-ring (bicyclic) bond motifs is 1. The third-order valence-corrected chi connectivity index (χ3v) is 4.60. The number of benzene rings is 1. The van der Waals surface area contributed by atoms with Crippen molar-refractivity contribution >= 4 is 40.8 Å². The van der Waals surface area contributed by atoms with E-state index in [0.29, 0.717) is 6.54 Å². The maximum atomic E-state index is 4.62. The molecule has 146 valence electrons. The highest BCUT2D eigenvalue weighted by atomic mass is 127. The molecule has 8 heteroatoms. The van der Waals surface area contributed by atoms with Gasteiger partial charge in [0.25, 0.3) is 0 Å². The van der Waals surface area contributed by atoms with Crippen molar-refractivity contribution in [2.24, 2.45) is 12.0 Å². The normalized spacial score (nSPS) is 11.5. The quantitative estimate of drug-likeness (QED) is 0.287. The predicted octanol–water partition coefficient (Wildman–Crippen LogP) is 2.83. The molecule has 0 saturated carbocycles. The first kappa shape index (κ1) is 21.2. The molecule has 3 aromatic rings. The van der Waals surface area contributed by atoms with E-state index >= 15 is 0 Å². The van der Waals surface area contributed by atoms with Gasteiger partial charge in [0.05, 0.1) is 0 Å². The van der Waals surface area contributed by atoms with Crippen LogP contribution in [0.1, 0.15) is 29.8 Å². The van der Waals surface area contributed by atoms with Crippen LogP contribution in [0.4, 0.5) is 0 Å². The molecule has 2 heterocycles. The van der Waals surface area contributed by atoms with Crippen LogP contribution in [-0.4, -0.2) is 38.8 Å². The van der Waals surface area contributed by atoms with Crippen molar-refractivity contribution < 1.29 is 0 Å². The third kappa shape index (κ3) is 5.00. The Balaban J connectivity index is 0.00000261. The minimum Gasteiger partial charge on any atom is -0.358 e. The van der Waals surface area contributed by atoms with E-state index in [0.717, 1.165) is 37.1 Å². The number of guanidine groups is 1. The molecule has 7 nitrogen and oxygen atoms in total. The maximum absolute atomic E-state index is 4.62. The minimum absolute atomic E-state index is 0. The van der Waals surface area contributed by atoms with Gasteiger partial charge in [-0.3, -0.25) is 0 Å². The topological polar surface area (TPSA) is 82.9 Å². The van der Waals surface area contributed by atoms with Crippen molar-refractivity contribution in [3.8, 4) is 0 Å². The Labute approximate surface area is 177 Å². The van der Waals surface area contributed by atoms with Gasteiger partial charge in [0, 0.05) is 36.7 Å². The average molecular weight is 481 g/mol. The molecule has 0 atom stereocenters. The van der Waals surface area contributed by atoms with Crippen LogP contribution >= 0.6 is 24.0 Å². The van der Waals surface area contributed by atoms with Crippen molar-refractivity contribution in [1.29, 1.82) is 0 Å². The van der Waals surface area contributed by atoms with Crippen LogP contribution in [0.2, 0.25) is 0 Å². The molecule has 0 amide bonds. The lowest BCUT2D eigenvalue weighted by atomic mass is 10.1. The molecule has 3 N–H and O–H groups in total. The number of nitrogens with zero attached hydrogens (tertiary/aromatic N) is 4. The molecule has 0 fully saturated rings. The van der Waals surface area contributed by atoms with E-state index in [1.807, 2.05) is 18.5 Å². The number of para-hydroxylation sites is 1. The summed E-state index contributed by atoms with van der Waals surface area (Å²) in [5.74, 6) is 2.54. The smallest absolute Gasteiger partial charge is 0.191 e. The molecule has 0 radical (unpaired) electrons. The summed E-state index contributed by atoms with van der Waals surface area (Å²) >= 11 is 0. The second kappa shape index (κ2) is 9.72. The number of H-pyrrole nitrogens is 1. The van der Waals surface area contributed by atoms with Crippen LogP contribution < -0.4 is 10.6 Å². The van der Waals surface area contributed by atoms with E-state index in [4.69, 9.17) is 0 Å². The monoisotopic (exact) mass is 481 g/mol. The summed E-state index contributed by atoms with van der Waals surface area (Å²) in [6.45, 7) is 8.26. The van der Waals surface area contributed by atoms with Crippen LogP contribution in [0.5, 0.6) is 0 Å². The first-order valence-corrected chi connectivity index (χ1v) is 9.03. The third-order valence-electron chi connectivity index (χ3n) is 4.60. The lowest BCUT2D eigenvalue weighted by Crippen LogP contribution is -2.38. The standard InChI is InChI=1S/C19H27N7.HI/c1-5-20-19(22-12-18-25-24-14(3)26(18)4)21-11-10-15-13(2)23-17-9-7-6-8-16(15)17;/h6-9,23H,5,10-12H2,1-4H3,(H2,20,21,22);1H. The van der Waals surface area contributed by atoms with E-state index in [1.54, 1.807) is 0 Å². The van der Waals surface area contributed by atoms with Gasteiger partial charge >= 0.3 is 0 Å². The van der Waals surface area contributed by atoms with Crippen molar-refractivity contribution in [3.63, 3.8) is 0 Å². The van der Waals surface area contributed by atoms with Crippen molar-refractivity contribution in [3.05, 3.63) is 47.2 Å². The Morgan fingerprint density at radius 2 is 1.96 bits per heavy atom. The van der Waals surface area contributed by atoms with Crippen molar-refractivity contribution in [2.75, 3.05) is 13.1 Å². The number of aliphatic imine (C=N–C) groups is 1. The Morgan fingerprint density at radius 1 is 1.19 bits per heavy atom. The lowest BCUT2D eigenvalue weighted by Gasteiger charge is -2.11. The van der Waals surface area contributed by atoms with Crippen molar-refractivity contribution in [2.45, 2.75) is 33.7 Å². The second-order valence-electron chi connectivity index (χ2n) is 6.37. The van der Waals surface area contributed by atoms with Crippen LogP contribution in [0.3, 0.4) is 0 Å². The molecular formula is C19H28IN7. The van der Waals surface area contributed by atoms with Gasteiger partial charge in [-0.25, -0.2) is 4.99 Å². The number of rotatable bonds is 6. The number of aryl methyl sites for hydroxylation is 2. The highest BCUT2D eigenvalue weighted by Gasteiger charge is 2.08. The lowest BCUT2D eigenvalue weighted by molar-refractivity contribution is 0.753. The van der Waals surface area contributed by atoms with Gasteiger partial charge in [0.1, 0.15) is 12.4 Å². The molecule has 0 saturated heterocycles. The van der Waals surface area contributed by atoms with Gasteiger partial charge < -0.3 is 20.2 Å². The Kier molecular flexibility index (Phi) is 7.64. The van der Waals surface area contributed by atoms with Crippen molar-refractivity contribution in [1.82, 2.24) is 30.4 Å². The Hall–Kier alpha value is -2.10. The van der Waals surface area contributed by atoms with Gasteiger partial charge in [0.15, 0.2) is 11.8 Å². The SMILES string of the molecule is CCNC(=NCc1nnc(C)n1C)NCCc1c(C)[nH]c2ccccc12.I. The van der Waals surface area contributed by atoms with Gasteiger partial charge in [-0.1, -0.05) is 18.2 Å². The highest BCUT2D eigenvalue weighted by molar-refractivity contribution is 14.0. The van der Waals surface area contributed by atoms with Crippen LogP contribution in [0.25, 0.3) is 10.9 Å². The summed E-state index contributed by atoms with van der Waals surface area (Å²) in [5.41, 5.74) is 3.77. The molecule has 0 unspecified atom stereocenters. The molecule has 2 aromatic heterocycles. The fourth-order valence-electron chi connectivity index (χ4n) is 3.04. The van der Waals surface area contributed by atoms with Gasteiger partial charge in [-0.05, 0) is 38.8 Å². The summed E-state index contributed by atoms with van der Waals surface area (Å²) in [4.78, 5) is 8.08. The van der Waals surface area contributed by atoms with Crippen LogP contribution in [-0.2, 0) is 20.0 Å². The van der Waals surface area contributed by atoms with E-state index in [-0.39, 0.29) is 24.0 Å². The highest BCUT2D eigenvalue weighted by Crippen LogP contribution is 2.21. The summed E-state index contributed by atoms with van der Waals surface area (Å²) in [5, 5.41) is 16.2. The number of hydrogen-bond acceptors (Lipinski definition) is 3. The summed E-state index contributed by atoms with van der Waals surface area (Å²) in [6.07, 6.45) is 0.934. The largest absolute Gasteiger partial charge is 0.358 e. The predicted molar refractivity (Wildman–Crippen MR) is 121 cm³/mol. The molecular weight excluding hydrogens is 453 g/mol. The average Bonchev–Trinajstić information content (AvgIpc) is 3.12. The zero-order valence-electron chi connectivity index (χ0n) is 16.3. The zero-order chi connectivity index (χ0) is 18.5. The van der Waals surface area contributed by atoms with E-state index in [1.165, 1.54) is 22.2 Å². The fourth-order valence-corrected chi connectivity index (χ4v) is 3.04. The van der Waals surface area contributed by atoms with Gasteiger partial charge in [-0.15, -0.1) is 34.2 Å². The molecule has 0 spiro atoms. The molecule has 27 heavy (non-hydrogen) atoms. The Morgan fingerprint density at radius 3 is 2.67 bits per heavy atom. The van der Waals surface area contributed by atoms with E-state index in [2.05, 4.69) is 68.9 Å². The maximum Gasteiger partial charge on any atom is 0.191 e. The molecule has 3 rings (SSSR count). The van der Waals surface area contributed by atoms with E-state index < -0.39 is 0 Å². The molecule has 0 bridgehead atoms. The van der Waals surface area contributed by atoms with Gasteiger partial charge in [-0.2, -0.15) is 0 Å². The number of hydrogen-bond donors (Lipinski definition) is 3. The Bertz CT molecular complexity index is 910. The summed E-state index contributed by atoms with van der Waals surface area (Å²) in [6, 6.07) is 8.43. The first-order chi connectivity index (χ1) is 12.6. The number of aromatic nitrogens is 4. The number of aromatic amines is 1.